The van der Waals surface area contributed by atoms with Gasteiger partial charge in [0.15, 0.2) is 0 Å². The van der Waals surface area contributed by atoms with Gasteiger partial charge in [0.05, 0.1) is 34.7 Å². The molecule has 0 saturated heterocycles. The largest absolute Gasteiger partial charge is 0.490 e. The number of carbonyl (C=O) groups excluding carboxylic acids is 2. The zero-order chi connectivity index (χ0) is 33.5. The predicted molar refractivity (Wildman–Crippen MR) is 185 cm³/mol. The Kier molecular flexibility index (Phi) is 8.52. The van der Waals surface area contributed by atoms with Gasteiger partial charge in [-0.2, -0.15) is 0 Å². The fourth-order valence-corrected chi connectivity index (χ4v) is 6.31. The molecule has 3 aromatic carbocycles. The van der Waals surface area contributed by atoms with E-state index in [-0.39, 0.29) is 49.1 Å². The number of imidazole rings is 1. The van der Waals surface area contributed by atoms with Crippen LogP contribution in [0.4, 0.5) is 5.82 Å². The molecule has 2 amide bonds. The summed E-state index contributed by atoms with van der Waals surface area (Å²) >= 11 is 9.69. The maximum absolute atomic E-state index is 14.2. The smallest absolute Gasteiger partial charge is 0.333 e. The van der Waals surface area contributed by atoms with Gasteiger partial charge in [0.2, 0.25) is 0 Å². The first-order valence-corrected chi connectivity index (χ1v) is 16.7. The van der Waals surface area contributed by atoms with E-state index in [0.717, 1.165) is 24.0 Å². The molecule has 3 heterocycles. The Bertz CT molecular complexity index is 2090. The van der Waals surface area contributed by atoms with Crippen molar-refractivity contribution < 1.29 is 14.3 Å². The van der Waals surface area contributed by atoms with E-state index in [0.29, 0.717) is 43.7 Å². The molecule has 1 aliphatic carbocycles. The number of nitrogens with zero attached hydrogens (tertiary/aromatic N) is 5. The molecule has 11 nitrogen and oxygen atoms in total. The summed E-state index contributed by atoms with van der Waals surface area (Å²) in [5.41, 5.74) is 9.07. The Morgan fingerprint density at radius 1 is 1.04 bits per heavy atom. The quantitative estimate of drug-likeness (QED) is 0.212. The first kappa shape index (κ1) is 31.6. The Hall–Kier alpha value is -4.94. The Morgan fingerprint density at radius 2 is 1.81 bits per heavy atom. The van der Waals surface area contributed by atoms with E-state index in [4.69, 9.17) is 22.1 Å². The summed E-state index contributed by atoms with van der Waals surface area (Å²) in [5.74, 6) is 0.282. The van der Waals surface area contributed by atoms with Gasteiger partial charge in [-0.15, -0.1) is 10.2 Å². The lowest BCUT2D eigenvalue weighted by atomic mass is 10.0. The van der Waals surface area contributed by atoms with Crippen LogP contribution in [0.5, 0.6) is 5.75 Å². The summed E-state index contributed by atoms with van der Waals surface area (Å²) in [6.07, 6.45) is 2.26. The minimum atomic E-state index is -0.467. The summed E-state index contributed by atoms with van der Waals surface area (Å²) in [4.78, 5) is 43.8. The van der Waals surface area contributed by atoms with Gasteiger partial charge in [-0.3, -0.25) is 18.7 Å². The van der Waals surface area contributed by atoms with Crippen LogP contribution >= 0.6 is 27.5 Å². The molecule has 1 fully saturated rings. The van der Waals surface area contributed by atoms with E-state index in [2.05, 4.69) is 31.4 Å². The number of benzene rings is 3. The van der Waals surface area contributed by atoms with E-state index in [1.807, 2.05) is 31.2 Å². The molecule has 0 radical (unpaired) electrons. The molecular weight excluding hydrogens is 698 g/mol. The van der Waals surface area contributed by atoms with Gasteiger partial charge < -0.3 is 20.7 Å². The zero-order valence-electron chi connectivity index (χ0n) is 25.9. The topological polar surface area (TPSA) is 137 Å². The lowest BCUT2D eigenvalue weighted by molar-refractivity contribution is 0.0610. The maximum atomic E-state index is 14.2. The van der Waals surface area contributed by atoms with Gasteiger partial charge >= 0.3 is 5.69 Å². The zero-order valence-corrected chi connectivity index (χ0v) is 28.2. The molecule has 0 unspecified atom stereocenters. The lowest BCUT2D eigenvalue weighted by Gasteiger charge is -2.34. The third-order valence-corrected chi connectivity index (χ3v) is 9.76. The Balaban J connectivity index is 1.25. The number of aromatic nitrogens is 4. The molecule has 7 rings (SSSR count). The first-order valence-electron chi connectivity index (χ1n) is 15.5. The third-order valence-electron chi connectivity index (χ3n) is 8.53. The summed E-state index contributed by atoms with van der Waals surface area (Å²) in [6.45, 7) is 2.27. The van der Waals surface area contributed by atoms with Crippen LogP contribution in [0.3, 0.4) is 0 Å². The summed E-state index contributed by atoms with van der Waals surface area (Å²) < 4.78 is 9.60. The van der Waals surface area contributed by atoms with Crippen molar-refractivity contribution in [2.75, 3.05) is 5.73 Å². The van der Waals surface area contributed by atoms with Gasteiger partial charge in [-0.25, -0.2) is 4.79 Å². The number of nitrogen functional groups attached to an aromatic ring is 1. The van der Waals surface area contributed by atoms with Crippen molar-refractivity contribution in [3.05, 3.63) is 121 Å². The molecule has 2 aliphatic rings. The number of anilines is 1. The standard InChI is InChI=1S/C35H31BrClN7O4/c1-20-18-43-30(19-42(20)34(46)21-6-13-27(36)28(37)16-21)32(44(35(43)47)23-7-9-24(10-8-23)48-25-11-12-25)33(45)39-17-22-4-2-3-5-26(22)29-14-15-31(38)41-40-29/h2-10,13-16,20,25H,11-12,17-19H2,1H3,(H2,38,41)(H,39,45)/t20-/m0/s1. The summed E-state index contributed by atoms with van der Waals surface area (Å²) in [7, 11) is 0. The highest BCUT2D eigenvalue weighted by Gasteiger charge is 2.35. The van der Waals surface area contributed by atoms with Crippen molar-refractivity contribution in [1.82, 2.24) is 29.5 Å². The van der Waals surface area contributed by atoms with E-state index >= 15 is 0 Å². The minimum absolute atomic E-state index is 0.0408. The number of halogens is 2. The number of fused-ring (bicyclic) bond motifs is 1. The van der Waals surface area contributed by atoms with Crippen LogP contribution < -0.4 is 21.5 Å². The van der Waals surface area contributed by atoms with E-state index in [1.54, 1.807) is 64.1 Å². The van der Waals surface area contributed by atoms with Gasteiger partial charge in [-0.1, -0.05) is 35.9 Å². The van der Waals surface area contributed by atoms with Crippen LogP contribution in [-0.4, -0.2) is 48.2 Å². The maximum Gasteiger partial charge on any atom is 0.333 e. The molecule has 1 atom stereocenters. The average molecular weight is 729 g/mol. The van der Waals surface area contributed by atoms with Crippen molar-refractivity contribution in [2.45, 2.75) is 51.5 Å². The van der Waals surface area contributed by atoms with Crippen LogP contribution in [0, 0.1) is 0 Å². The second kappa shape index (κ2) is 12.9. The molecule has 48 heavy (non-hydrogen) atoms. The minimum Gasteiger partial charge on any atom is -0.490 e. The van der Waals surface area contributed by atoms with Gasteiger partial charge in [0, 0.05) is 34.7 Å². The molecule has 1 aliphatic heterocycles. The average Bonchev–Trinajstić information content (AvgIpc) is 3.87. The fraction of sp³-hybridized carbons (Fsp3) is 0.229. The monoisotopic (exact) mass is 727 g/mol. The number of hydrogen-bond acceptors (Lipinski definition) is 7. The van der Waals surface area contributed by atoms with Crippen LogP contribution in [0.25, 0.3) is 16.9 Å². The summed E-state index contributed by atoms with van der Waals surface area (Å²) in [5, 5.41) is 11.6. The van der Waals surface area contributed by atoms with Crippen LogP contribution in [0.15, 0.2) is 88.1 Å². The highest BCUT2D eigenvalue weighted by molar-refractivity contribution is 9.10. The van der Waals surface area contributed by atoms with Crippen molar-refractivity contribution >= 4 is 45.2 Å². The number of hydrogen-bond donors (Lipinski definition) is 2. The highest BCUT2D eigenvalue weighted by Crippen LogP contribution is 2.30. The van der Waals surface area contributed by atoms with Gasteiger partial charge in [0.1, 0.15) is 17.3 Å². The lowest BCUT2D eigenvalue weighted by Crippen LogP contribution is -2.47. The van der Waals surface area contributed by atoms with E-state index in [9.17, 15) is 14.4 Å². The van der Waals surface area contributed by atoms with Crippen LogP contribution in [-0.2, 0) is 19.6 Å². The normalized spacial score (nSPS) is 15.6. The predicted octanol–water partition coefficient (Wildman–Crippen LogP) is 5.61. The molecule has 0 spiro atoms. The fourth-order valence-electron chi connectivity index (χ4n) is 5.88. The molecule has 5 aromatic rings. The van der Waals surface area contributed by atoms with Crippen LogP contribution in [0.2, 0.25) is 5.02 Å². The molecule has 13 heteroatoms. The SMILES string of the molecule is C[C@H]1Cn2c(c(C(=O)NCc3ccccc3-c3ccc(N)nn3)n(-c3ccc(OC4CC4)cc3)c2=O)CN1C(=O)c1ccc(Br)c(Cl)c1. The van der Waals surface area contributed by atoms with Gasteiger partial charge in [0.25, 0.3) is 11.8 Å². The Labute approximate surface area is 289 Å². The highest BCUT2D eigenvalue weighted by atomic mass is 79.9. The van der Waals surface area contributed by atoms with Crippen molar-refractivity contribution in [1.29, 1.82) is 0 Å². The van der Waals surface area contributed by atoms with Crippen LogP contribution in [0.1, 0.15) is 51.9 Å². The number of ether oxygens (including phenoxy) is 1. The van der Waals surface area contributed by atoms with Crippen molar-refractivity contribution in [3.63, 3.8) is 0 Å². The molecule has 2 aromatic heterocycles. The van der Waals surface area contributed by atoms with E-state index < -0.39 is 5.91 Å². The number of carbonyl (C=O) groups is 2. The second-order valence-corrected chi connectivity index (χ2v) is 13.2. The molecule has 1 saturated carbocycles. The third kappa shape index (κ3) is 6.20. The van der Waals surface area contributed by atoms with E-state index in [1.165, 1.54) is 4.57 Å². The first-order chi connectivity index (χ1) is 23.2. The number of amides is 2. The second-order valence-electron chi connectivity index (χ2n) is 11.9. The molecule has 0 bridgehead atoms. The molecule has 3 N–H and O–H groups in total. The van der Waals surface area contributed by atoms with Gasteiger partial charge in [-0.05, 0) is 95.9 Å². The van der Waals surface area contributed by atoms with Crippen molar-refractivity contribution in [2.24, 2.45) is 0 Å². The molecule has 244 valence electrons. The molecular formula is C35H31BrClN7O4. The number of nitrogens with two attached hydrogens (primary N) is 1. The summed E-state index contributed by atoms with van der Waals surface area (Å²) in [6, 6.07) is 22.8. The Morgan fingerprint density at radius 3 is 2.52 bits per heavy atom. The number of nitrogens with one attached hydrogen (secondary N) is 1. The number of rotatable bonds is 8. The van der Waals surface area contributed by atoms with Crippen molar-refractivity contribution in [3.8, 4) is 22.7 Å².